The van der Waals surface area contributed by atoms with Gasteiger partial charge in [-0.3, -0.25) is 0 Å². The number of hydrogen-bond acceptors (Lipinski definition) is 5. The third kappa shape index (κ3) is 3.69. The van der Waals surface area contributed by atoms with Crippen molar-refractivity contribution >= 4 is 11.5 Å². The van der Waals surface area contributed by atoms with Crippen LogP contribution in [0.2, 0.25) is 0 Å². The maximum Gasteiger partial charge on any atom is 0.223 e. The van der Waals surface area contributed by atoms with Crippen molar-refractivity contribution in [3.8, 4) is 6.07 Å². The fourth-order valence-electron chi connectivity index (χ4n) is 1.87. The minimum atomic E-state index is 0.500. The molecular weight excluding hydrogens is 262 g/mol. The molecule has 0 spiro atoms. The van der Waals surface area contributed by atoms with Crippen LogP contribution in [-0.2, 0) is 0 Å². The maximum atomic E-state index is 9.48. The topological polar surface area (TPSA) is 73.6 Å². The lowest BCUT2D eigenvalue weighted by Crippen LogP contribution is -2.13. The molecule has 0 amide bonds. The van der Waals surface area contributed by atoms with Gasteiger partial charge in [0.2, 0.25) is 5.95 Å². The highest BCUT2D eigenvalue weighted by molar-refractivity contribution is 5.80. The van der Waals surface area contributed by atoms with Gasteiger partial charge in [0.1, 0.15) is 11.6 Å². The van der Waals surface area contributed by atoms with Gasteiger partial charge in [0.15, 0.2) is 0 Å². The number of aryl methyl sites for hydroxylation is 1. The molecule has 0 unspecified atom stereocenters. The number of nitrogens with zero attached hydrogens (tertiary/aromatic N) is 3. The van der Waals surface area contributed by atoms with E-state index in [1.54, 1.807) is 12.4 Å². The minimum absolute atomic E-state index is 0.500. The largest absolute Gasteiger partial charge is 0.361 e. The van der Waals surface area contributed by atoms with Crippen LogP contribution in [0.4, 0.5) is 5.95 Å². The van der Waals surface area contributed by atoms with E-state index in [1.165, 1.54) is 0 Å². The smallest absolute Gasteiger partial charge is 0.223 e. The van der Waals surface area contributed by atoms with E-state index in [4.69, 9.17) is 0 Å². The van der Waals surface area contributed by atoms with Crippen LogP contribution in [0.15, 0.2) is 36.3 Å². The molecule has 5 nitrogen and oxygen atoms in total. The van der Waals surface area contributed by atoms with Gasteiger partial charge in [0, 0.05) is 18.9 Å². The van der Waals surface area contributed by atoms with E-state index in [-0.39, 0.29) is 0 Å². The third-order valence-corrected chi connectivity index (χ3v) is 2.97. The van der Waals surface area contributed by atoms with E-state index in [1.807, 2.05) is 25.2 Å². The quantitative estimate of drug-likeness (QED) is 0.830. The molecule has 0 saturated heterocycles. The summed E-state index contributed by atoms with van der Waals surface area (Å²) in [5.74, 6) is 1.05. The fourth-order valence-corrected chi connectivity index (χ4v) is 1.87. The molecule has 0 saturated carbocycles. The Morgan fingerprint density at radius 3 is 2.86 bits per heavy atom. The van der Waals surface area contributed by atoms with Gasteiger partial charge in [-0.1, -0.05) is 19.9 Å². The maximum absolute atomic E-state index is 9.48. The summed E-state index contributed by atoms with van der Waals surface area (Å²) in [6, 6.07) is 2.23. The van der Waals surface area contributed by atoms with Crippen molar-refractivity contribution in [1.29, 1.82) is 5.26 Å². The van der Waals surface area contributed by atoms with Gasteiger partial charge in [-0.2, -0.15) is 5.26 Å². The molecule has 0 aromatic carbocycles. The number of nitrogens with one attached hydrogen (secondary N) is 2. The Morgan fingerprint density at radius 1 is 1.43 bits per heavy atom. The van der Waals surface area contributed by atoms with Crippen LogP contribution in [0.3, 0.4) is 0 Å². The van der Waals surface area contributed by atoms with Crippen molar-refractivity contribution in [2.24, 2.45) is 5.92 Å². The number of allylic oxidation sites excluding steroid dienone is 4. The first kappa shape index (κ1) is 14.8. The van der Waals surface area contributed by atoms with Crippen molar-refractivity contribution in [1.82, 2.24) is 15.3 Å². The first-order valence-corrected chi connectivity index (χ1v) is 6.94. The predicted molar refractivity (Wildman–Crippen MR) is 84.0 cm³/mol. The van der Waals surface area contributed by atoms with Gasteiger partial charge in [-0.05, 0) is 30.6 Å². The molecule has 21 heavy (non-hydrogen) atoms. The highest BCUT2D eigenvalue weighted by Gasteiger charge is 2.13. The van der Waals surface area contributed by atoms with E-state index in [9.17, 15) is 5.26 Å². The second-order valence-electron chi connectivity index (χ2n) is 5.26. The van der Waals surface area contributed by atoms with Gasteiger partial charge in [0.05, 0.1) is 11.4 Å². The number of nitriles is 1. The van der Waals surface area contributed by atoms with E-state index in [0.29, 0.717) is 23.1 Å². The number of hydrogen-bond donors (Lipinski definition) is 2. The Morgan fingerprint density at radius 2 is 2.24 bits per heavy atom. The summed E-state index contributed by atoms with van der Waals surface area (Å²) in [4.78, 5) is 8.76. The Labute approximate surface area is 125 Å². The van der Waals surface area contributed by atoms with Crippen LogP contribution in [0.1, 0.15) is 25.1 Å². The molecule has 1 aromatic heterocycles. The molecule has 0 fully saturated rings. The third-order valence-electron chi connectivity index (χ3n) is 2.97. The average molecular weight is 281 g/mol. The van der Waals surface area contributed by atoms with Crippen LogP contribution in [0.25, 0.3) is 5.57 Å². The zero-order valence-corrected chi connectivity index (χ0v) is 12.5. The molecule has 1 aromatic rings. The standard InChI is InChI=1S/C16H19N5/c1-11(2)9-19-16-20-10-12(3)15(21-16)13(8-17)14-6-4-5-7-18-14/h4-7,10-11,18H,9H2,1-3H3,(H,19,20,21)/b14-13-. The van der Waals surface area contributed by atoms with Crippen LogP contribution >= 0.6 is 0 Å². The Hall–Kier alpha value is -2.61. The average Bonchev–Trinajstić information content (AvgIpc) is 2.49. The molecule has 1 aliphatic heterocycles. The lowest BCUT2D eigenvalue weighted by atomic mass is 10.1. The number of rotatable bonds is 4. The summed E-state index contributed by atoms with van der Waals surface area (Å²) < 4.78 is 0. The van der Waals surface area contributed by atoms with E-state index < -0.39 is 0 Å². The molecule has 0 radical (unpaired) electrons. The Bertz CT molecular complexity index is 647. The van der Waals surface area contributed by atoms with Crippen molar-refractivity contribution in [3.05, 3.63) is 47.6 Å². The summed E-state index contributed by atoms with van der Waals surface area (Å²) in [5.41, 5.74) is 2.79. The monoisotopic (exact) mass is 281 g/mol. The highest BCUT2D eigenvalue weighted by Crippen LogP contribution is 2.21. The van der Waals surface area contributed by atoms with Crippen LogP contribution in [0.5, 0.6) is 0 Å². The van der Waals surface area contributed by atoms with Crippen molar-refractivity contribution in [2.45, 2.75) is 20.8 Å². The zero-order chi connectivity index (χ0) is 15.2. The number of dihydropyridines is 1. The molecule has 5 heteroatoms. The summed E-state index contributed by atoms with van der Waals surface area (Å²) in [7, 11) is 0. The van der Waals surface area contributed by atoms with Gasteiger partial charge < -0.3 is 10.6 Å². The SMILES string of the molecule is Cc1cnc(NCC(C)C)nc1/C(C#N)=C1/C=CC=CN1. The molecule has 2 heterocycles. The molecule has 2 rings (SSSR count). The van der Waals surface area contributed by atoms with Crippen molar-refractivity contribution < 1.29 is 0 Å². The lowest BCUT2D eigenvalue weighted by Gasteiger charge is -2.12. The summed E-state index contributed by atoms with van der Waals surface area (Å²) >= 11 is 0. The van der Waals surface area contributed by atoms with E-state index in [2.05, 4.69) is 40.5 Å². The first-order chi connectivity index (χ1) is 10.1. The van der Waals surface area contributed by atoms with Crippen LogP contribution in [0, 0.1) is 24.2 Å². The molecule has 1 aliphatic rings. The lowest BCUT2D eigenvalue weighted by molar-refractivity contribution is 0.684. The molecule has 0 aliphatic carbocycles. The fraction of sp³-hybridized carbons (Fsp3) is 0.312. The van der Waals surface area contributed by atoms with E-state index in [0.717, 1.165) is 17.8 Å². The molecular formula is C16H19N5. The summed E-state index contributed by atoms with van der Waals surface area (Å²) in [6.07, 6.45) is 9.16. The number of anilines is 1. The predicted octanol–water partition coefficient (Wildman–Crippen LogP) is 2.76. The van der Waals surface area contributed by atoms with Crippen molar-refractivity contribution in [3.63, 3.8) is 0 Å². The molecule has 2 N–H and O–H groups in total. The summed E-state index contributed by atoms with van der Waals surface area (Å²) in [6.45, 7) is 6.94. The summed E-state index contributed by atoms with van der Waals surface area (Å²) in [5, 5.41) is 15.7. The van der Waals surface area contributed by atoms with Crippen LogP contribution in [-0.4, -0.2) is 16.5 Å². The Kier molecular flexibility index (Phi) is 4.72. The first-order valence-electron chi connectivity index (χ1n) is 6.94. The van der Waals surface area contributed by atoms with Gasteiger partial charge in [-0.25, -0.2) is 9.97 Å². The minimum Gasteiger partial charge on any atom is -0.361 e. The molecule has 0 bridgehead atoms. The molecule has 108 valence electrons. The van der Waals surface area contributed by atoms with E-state index >= 15 is 0 Å². The number of aromatic nitrogens is 2. The van der Waals surface area contributed by atoms with Crippen LogP contribution < -0.4 is 10.6 Å². The second kappa shape index (κ2) is 6.71. The normalized spacial score (nSPS) is 15.6. The Balaban J connectivity index is 2.37. The molecule has 0 atom stereocenters. The van der Waals surface area contributed by atoms with Gasteiger partial charge >= 0.3 is 0 Å². The highest BCUT2D eigenvalue weighted by atomic mass is 15.1. The van der Waals surface area contributed by atoms with Gasteiger partial charge in [-0.15, -0.1) is 0 Å². The zero-order valence-electron chi connectivity index (χ0n) is 12.5. The van der Waals surface area contributed by atoms with Crippen molar-refractivity contribution in [2.75, 3.05) is 11.9 Å². The second-order valence-corrected chi connectivity index (χ2v) is 5.26. The van der Waals surface area contributed by atoms with Gasteiger partial charge in [0.25, 0.3) is 0 Å².